The number of carbonyl (C=O) groups is 1. The molecule has 0 unspecified atom stereocenters. The Morgan fingerprint density at radius 3 is 1.79 bits per heavy atom. The fourth-order valence-corrected chi connectivity index (χ4v) is 1.84. The Morgan fingerprint density at radius 2 is 1.37 bits per heavy atom. The van der Waals surface area contributed by atoms with Gasteiger partial charge in [-0.25, -0.2) is 4.79 Å². The van der Waals surface area contributed by atoms with Crippen LogP contribution >= 0.6 is 0 Å². The maximum Gasteiger partial charge on any atom is 0.312 e. The second-order valence-corrected chi connectivity index (χ2v) is 4.32. The average Bonchev–Trinajstić information content (AvgIpc) is 2.46. The lowest BCUT2D eigenvalue weighted by molar-refractivity contribution is 0.248. The molecule has 2 aromatic carbocycles. The van der Waals surface area contributed by atoms with Gasteiger partial charge >= 0.3 is 6.03 Å². The van der Waals surface area contributed by atoms with Gasteiger partial charge in [-0.15, -0.1) is 0 Å². The monoisotopic (exact) mass is 255 g/mol. The summed E-state index contributed by atoms with van der Waals surface area (Å²) in [5, 5.41) is 2.56. The van der Waals surface area contributed by atoms with Gasteiger partial charge in [-0.05, 0) is 22.3 Å². The molecule has 4 heteroatoms. The molecule has 0 aliphatic rings. The predicted molar refractivity (Wildman–Crippen MR) is 76.2 cm³/mol. The van der Waals surface area contributed by atoms with Gasteiger partial charge in [-0.1, -0.05) is 48.5 Å². The highest BCUT2D eigenvalue weighted by atomic mass is 16.2. The molecule has 0 heterocycles. The fourth-order valence-electron chi connectivity index (χ4n) is 1.84. The number of primary amides is 1. The maximum absolute atomic E-state index is 10.6. The minimum atomic E-state index is -0.513. The van der Waals surface area contributed by atoms with E-state index in [-0.39, 0.29) is 0 Å². The van der Waals surface area contributed by atoms with E-state index in [0.717, 1.165) is 22.3 Å². The first-order valence-corrected chi connectivity index (χ1v) is 6.10. The number of nitrogens with two attached hydrogens (primary N) is 2. The molecule has 0 saturated carbocycles. The van der Waals surface area contributed by atoms with E-state index in [2.05, 4.69) is 17.4 Å². The zero-order chi connectivity index (χ0) is 13.7. The molecule has 2 amide bonds. The number of carbonyl (C=O) groups excluding carboxylic acids is 1. The van der Waals surface area contributed by atoms with Gasteiger partial charge in [0.15, 0.2) is 0 Å². The number of amides is 2. The topological polar surface area (TPSA) is 81.1 Å². The van der Waals surface area contributed by atoms with Crippen LogP contribution in [0.4, 0.5) is 4.79 Å². The minimum absolute atomic E-state index is 0.446. The Morgan fingerprint density at radius 1 is 0.895 bits per heavy atom. The van der Waals surface area contributed by atoms with Gasteiger partial charge in [0.05, 0.1) is 0 Å². The third-order valence-corrected chi connectivity index (χ3v) is 2.94. The molecule has 0 saturated heterocycles. The van der Waals surface area contributed by atoms with Crippen molar-refractivity contribution < 1.29 is 4.79 Å². The Hall–Kier alpha value is -2.33. The van der Waals surface area contributed by atoms with Crippen LogP contribution in [-0.4, -0.2) is 6.03 Å². The number of nitrogens with one attached hydrogen (secondary N) is 1. The number of benzene rings is 2. The van der Waals surface area contributed by atoms with E-state index in [4.69, 9.17) is 11.5 Å². The lowest BCUT2D eigenvalue weighted by Crippen LogP contribution is -2.28. The summed E-state index contributed by atoms with van der Waals surface area (Å²) < 4.78 is 0. The Bertz CT molecular complexity index is 547. The molecule has 4 nitrogen and oxygen atoms in total. The highest BCUT2D eigenvalue weighted by Gasteiger charge is 1.99. The molecule has 0 spiro atoms. The minimum Gasteiger partial charge on any atom is -0.352 e. The molecular weight excluding hydrogens is 238 g/mol. The van der Waals surface area contributed by atoms with Crippen LogP contribution in [-0.2, 0) is 13.1 Å². The quantitative estimate of drug-likeness (QED) is 0.780. The predicted octanol–water partition coefficient (Wildman–Crippen LogP) is 1.98. The van der Waals surface area contributed by atoms with Gasteiger partial charge in [0.1, 0.15) is 0 Å². The molecule has 0 bridgehead atoms. The Labute approximate surface area is 112 Å². The SMILES string of the molecule is NCc1ccc(-c2ccc(CNC(N)=O)cc2)cc1. The molecule has 0 fully saturated rings. The lowest BCUT2D eigenvalue weighted by Gasteiger charge is -2.06. The Kier molecular flexibility index (Phi) is 4.15. The van der Waals surface area contributed by atoms with Crippen molar-refractivity contribution in [1.82, 2.24) is 5.32 Å². The van der Waals surface area contributed by atoms with Gasteiger partial charge in [0, 0.05) is 13.1 Å². The molecule has 2 rings (SSSR count). The van der Waals surface area contributed by atoms with Crippen molar-refractivity contribution in [2.75, 3.05) is 0 Å². The van der Waals surface area contributed by atoms with Crippen LogP contribution in [0.2, 0.25) is 0 Å². The number of hydrogen-bond donors (Lipinski definition) is 3. The largest absolute Gasteiger partial charge is 0.352 e. The number of hydrogen-bond acceptors (Lipinski definition) is 2. The van der Waals surface area contributed by atoms with E-state index in [1.165, 1.54) is 0 Å². The van der Waals surface area contributed by atoms with Crippen molar-refractivity contribution >= 4 is 6.03 Å². The first-order chi connectivity index (χ1) is 9.19. The third kappa shape index (κ3) is 3.56. The molecule has 98 valence electrons. The lowest BCUT2D eigenvalue weighted by atomic mass is 10.0. The molecule has 0 atom stereocenters. The molecule has 0 aliphatic heterocycles. The van der Waals surface area contributed by atoms with Gasteiger partial charge in [0.25, 0.3) is 0 Å². The van der Waals surface area contributed by atoms with Crippen molar-refractivity contribution in [3.63, 3.8) is 0 Å². The second kappa shape index (κ2) is 6.02. The fraction of sp³-hybridized carbons (Fsp3) is 0.133. The second-order valence-electron chi connectivity index (χ2n) is 4.32. The summed E-state index contributed by atoms with van der Waals surface area (Å²) in [5.74, 6) is 0. The summed E-state index contributed by atoms with van der Waals surface area (Å²) in [5.41, 5.74) is 15.0. The van der Waals surface area contributed by atoms with Crippen LogP contribution in [0.5, 0.6) is 0 Å². The van der Waals surface area contributed by atoms with Gasteiger partial charge in [-0.2, -0.15) is 0 Å². The van der Waals surface area contributed by atoms with Gasteiger partial charge in [0.2, 0.25) is 0 Å². The average molecular weight is 255 g/mol. The summed E-state index contributed by atoms with van der Waals surface area (Å²) >= 11 is 0. The van der Waals surface area contributed by atoms with Crippen LogP contribution in [0.25, 0.3) is 11.1 Å². The first-order valence-electron chi connectivity index (χ1n) is 6.10. The summed E-state index contributed by atoms with van der Waals surface area (Å²) in [7, 11) is 0. The summed E-state index contributed by atoms with van der Waals surface area (Å²) in [6.45, 7) is 1.000. The van der Waals surface area contributed by atoms with E-state index in [9.17, 15) is 4.79 Å². The standard InChI is InChI=1S/C15H17N3O/c16-9-11-1-5-13(6-2-11)14-7-3-12(4-8-14)10-18-15(17)19/h1-8H,9-10,16H2,(H3,17,18,19). The van der Waals surface area contributed by atoms with E-state index >= 15 is 0 Å². The van der Waals surface area contributed by atoms with E-state index < -0.39 is 6.03 Å². The van der Waals surface area contributed by atoms with Crippen LogP contribution in [0.1, 0.15) is 11.1 Å². The molecule has 5 N–H and O–H groups in total. The zero-order valence-corrected chi connectivity index (χ0v) is 10.6. The highest BCUT2D eigenvalue weighted by Crippen LogP contribution is 2.20. The van der Waals surface area contributed by atoms with E-state index in [1.54, 1.807) is 0 Å². The summed E-state index contributed by atoms with van der Waals surface area (Å²) in [4.78, 5) is 10.6. The van der Waals surface area contributed by atoms with Crippen molar-refractivity contribution in [2.45, 2.75) is 13.1 Å². The molecule has 0 aromatic heterocycles. The van der Waals surface area contributed by atoms with Crippen molar-refractivity contribution in [1.29, 1.82) is 0 Å². The van der Waals surface area contributed by atoms with E-state index in [0.29, 0.717) is 13.1 Å². The van der Waals surface area contributed by atoms with Crippen LogP contribution in [0.3, 0.4) is 0 Å². The smallest absolute Gasteiger partial charge is 0.312 e. The number of rotatable bonds is 4. The van der Waals surface area contributed by atoms with Crippen molar-refractivity contribution in [2.24, 2.45) is 11.5 Å². The summed E-state index contributed by atoms with van der Waals surface area (Å²) in [6.07, 6.45) is 0. The molecule has 0 aliphatic carbocycles. The third-order valence-electron chi connectivity index (χ3n) is 2.94. The summed E-state index contributed by atoms with van der Waals surface area (Å²) in [6, 6.07) is 15.6. The Balaban J connectivity index is 2.10. The first kappa shape index (κ1) is 13.1. The van der Waals surface area contributed by atoms with E-state index in [1.807, 2.05) is 36.4 Å². The molecule has 0 radical (unpaired) electrons. The van der Waals surface area contributed by atoms with Crippen LogP contribution < -0.4 is 16.8 Å². The van der Waals surface area contributed by atoms with Crippen LogP contribution in [0.15, 0.2) is 48.5 Å². The van der Waals surface area contributed by atoms with Gasteiger partial charge in [-0.3, -0.25) is 0 Å². The molecule has 2 aromatic rings. The molecule has 19 heavy (non-hydrogen) atoms. The zero-order valence-electron chi connectivity index (χ0n) is 10.6. The molecular formula is C15H17N3O. The van der Waals surface area contributed by atoms with Gasteiger partial charge < -0.3 is 16.8 Å². The van der Waals surface area contributed by atoms with Crippen LogP contribution in [0, 0.1) is 0 Å². The van der Waals surface area contributed by atoms with Crippen molar-refractivity contribution in [3.05, 3.63) is 59.7 Å². The highest BCUT2D eigenvalue weighted by molar-refractivity contribution is 5.71. The number of urea groups is 1. The normalized spacial score (nSPS) is 10.2. The van der Waals surface area contributed by atoms with Crippen molar-refractivity contribution in [3.8, 4) is 11.1 Å². The maximum atomic E-state index is 10.6.